The first-order valence-corrected chi connectivity index (χ1v) is 7.31. The van der Waals surface area contributed by atoms with E-state index < -0.39 is 5.82 Å². The molecule has 0 heterocycles. The fourth-order valence-electron chi connectivity index (χ4n) is 2.71. The Morgan fingerprint density at radius 2 is 2.00 bits per heavy atom. The summed E-state index contributed by atoms with van der Waals surface area (Å²) in [4.78, 5) is 12.0. The highest BCUT2D eigenvalue weighted by atomic mass is 19.1. The maximum Gasteiger partial charge on any atom is 0.224 e. The molecule has 1 saturated carbocycles. The molecule has 0 aliphatic heterocycles. The molecule has 1 amide bonds. The van der Waals surface area contributed by atoms with E-state index in [1.54, 1.807) is 12.1 Å². The topological polar surface area (TPSA) is 38.3 Å². The molecule has 0 bridgehead atoms. The van der Waals surface area contributed by atoms with Crippen LogP contribution < -0.4 is 10.1 Å². The van der Waals surface area contributed by atoms with Crippen molar-refractivity contribution in [2.24, 2.45) is 0 Å². The van der Waals surface area contributed by atoms with E-state index in [0.717, 1.165) is 12.8 Å². The van der Waals surface area contributed by atoms with Crippen molar-refractivity contribution < 1.29 is 13.9 Å². The third-order valence-corrected chi connectivity index (χ3v) is 3.80. The van der Waals surface area contributed by atoms with Gasteiger partial charge in [-0.25, -0.2) is 4.39 Å². The summed E-state index contributed by atoms with van der Waals surface area (Å²) in [6.07, 6.45) is 7.22. The summed E-state index contributed by atoms with van der Waals surface area (Å²) in [5, 5.41) is 3.06. The van der Waals surface area contributed by atoms with E-state index in [0.29, 0.717) is 5.56 Å². The average Bonchev–Trinajstić information content (AvgIpc) is 2.67. The molecule has 0 radical (unpaired) electrons. The molecule has 1 aromatic rings. The van der Waals surface area contributed by atoms with Crippen molar-refractivity contribution >= 4 is 5.91 Å². The van der Waals surface area contributed by atoms with Crippen LogP contribution in [0.25, 0.3) is 0 Å². The largest absolute Gasteiger partial charge is 0.494 e. The zero-order valence-electron chi connectivity index (χ0n) is 12.0. The molecule has 1 N–H and O–H groups in total. The highest BCUT2D eigenvalue weighted by molar-refractivity contribution is 5.78. The molecule has 0 unspecified atom stereocenters. The Morgan fingerprint density at radius 1 is 1.30 bits per heavy atom. The number of halogens is 1. The average molecular weight is 279 g/mol. The first-order valence-electron chi connectivity index (χ1n) is 7.31. The summed E-state index contributed by atoms with van der Waals surface area (Å²) in [5.41, 5.74) is 0.675. The molecule has 4 heteroatoms. The van der Waals surface area contributed by atoms with Gasteiger partial charge in [0, 0.05) is 6.04 Å². The van der Waals surface area contributed by atoms with E-state index in [-0.39, 0.29) is 24.1 Å². The van der Waals surface area contributed by atoms with E-state index in [4.69, 9.17) is 4.74 Å². The van der Waals surface area contributed by atoms with Crippen LogP contribution in [0.4, 0.5) is 4.39 Å². The van der Waals surface area contributed by atoms with Gasteiger partial charge in [-0.05, 0) is 30.5 Å². The SMILES string of the molecule is COc1ccc(CC(=O)NC2CCCCCC2)cc1F. The van der Waals surface area contributed by atoms with Crippen LogP contribution in [0.2, 0.25) is 0 Å². The maximum atomic E-state index is 13.6. The Kier molecular flexibility index (Phi) is 5.39. The molecule has 0 saturated heterocycles. The first kappa shape index (κ1) is 14.8. The fraction of sp³-hybridized carbons (Fsp3) is 0.562. The van der Waals surface area contributed by atoms with Gasteiger partial charge in [-0.3, -0.25) is 4.79 Å². The summed E-state index contributed by atoms with van der Waals surface area (Å²) in [6.45, 7) is 0. The van der Waals surface area contributed by atoms with Crippen LogP contribution >= 0.6 is 0 Å². The number of hydrogen-bond donors (Lipinski definition) is 1. The predicted octanol–water partition coefficient (Wildman–Crippen LogP) is 3.22. The second kappa shape index (κ2) is 7.27. The number of rotatable bonds is 4. The summed E-state index contributed by atoms with van der Waals surface area (Å²) in [5.74, 6) is -0.244. The summed E-state index contributed by atoms with van der Waals surface area (Å²) >= 11 is 0. The molecule has 2 rings (SSSR count). The van der Waals surface area contributed by atoms with Crippen LogP contribution in [0.5, 0.6) is 5.75 Å². The minimum absolute atomic E-state index is 0.0264. The van der Waals surface area contributed by atoms with Crippen molar-refractivity contribution in [3.05, 3.63) is 29.6 Å². The van der Waals surface area contributed by atoms with Crippen molar-refractivity contribution in [2.75, 3.05) is 7.11 Å². The zero-order chi connectivity index (χ0) is 14.4. The molecular weight excluding hydrogens is 257 g/mol. The number of amides is 1. The molecule has 1 fully saturated rings. The lowest BCUT2D eigenvalue weighted by atomic mass is 10.1. The maximum absolute atomic E-state index is 13.6. The van der Waals surface area contributed by atoms with Gasteiger partial charge in [-0.2, -0.15) is 0 Å². The number of benzene rings is 1. The molecule has 1 aliphatic carbocycles. The Bertz CT molecular complexity index is 454. The molecule has 0 atom stereocenters. The minimum Gasteiger partial charge on any atom is -0.494 e. The van der Waals surface area contributed by atoms with Crippen LogP contribution in [0, 0.1) is 5.82 Å². The van der Waals surface area contributed by atoms with Crippen LogP contribution in [0.15, 0.2) is 18.2 Å². The first-order chi connectivity index (χ1) is 9.69. The normalized spacial score (nSPS) is 16.5. The van der Waals surface area contributed by atoms with E-state index in [1.165, 1.54) is 38.9 Å². The standard InChI is InChI=1S/C16H22FNO2/c1-20-15-9-8-12(10-14(15)17)11-16(19)18-13-6-4-2-3-5-7-13/h8-10,13H,2-7,11H2,1H3,(H,18,19). The van der Waals surface area contributed by atoms with Crippen LogP contribution in [0.1, 0.15) is 44.1 Å². The molecular formula is C16H22FNO2. The Labute approximate surface area is 119 Å². The molecule has 0 aromatic heterocycles. The van der Waals surface area contributed by atoms with Gasteiger partial charge in [0.25, 0.3) is 0 Å². The van der Waals surface area contributed by atoms with Crippen LogP contribution in [-0.2, 0) is 11.2 Å². The Hall–Kier alpha value is -1.58. The van der Waals surface area contributed by atoms with Gasteiger partial charge in [0.2, 0.25) is 5.91 Å². The second-order valence-corrected chi connectivity index (χ2v) is 5.40. The van der Waals surface area contributed by atoms with Gasteiger partial charge in [-0.1, -0.05) is 31.7 Å². The molecule has 20 heavy (non-hydrogen) atoms. The third kappa shape index (κ3) is 4.22. The molecule has 1 aromatic carbocycles. The third-order valence-electron chi connectivity index (χ3n) is 3.80. The molecule has 0 spiro atoms. The van der Waals surface area contributed by atoms with Crippen LogP contribution in [-0.4, -0.2) is 19.1 Å². The highest BCUT2D eigenvalue weighted by Crippen LogP contribution is 2.19. The van der Waals surface area contributed by atoms with E-state index in [9.17, 15) is 9.18 Å². The smallest absolute Gasteiger partial charge is 0.224 e. The van der Waals surface area contributed by atoms with Crippen molar-refractivity contribution in [1.82, 2.24) is 5.32 Å². The molecule has 3 nitrogen and oxygen atoms in total. The Morgan fingerprint density at radius 3 is 2.60 bits per heavy atom. The minimum atomic E-state index is -0.424. The lowest BCUT2D eigenvalue weighted by Gasteiger charge is -2.16. The predicted molar refractivity (Wildman–Crippen MR) is 76.3 cm³/mol. The monoisotopic (exact) mass is 279 g/mol. The van der Waals surface area contributed by atoms with Gasteiger partial charge in [0.15, 0.2) is 11.6 Å². The number of nitrogens with one attached hydrogen (secondary N) is 1. The number of hydrogen-bond acceptors (Lipinski definition) is 2. The van der Waals surface area contributed by atoms with Crippen LogP contribution in [0.3, 0.4) is 0 Å². The van der Waals surface area contributed by atoms with Crippen molar-refractivity contribution in [3.63, 3.8) is 0 Å². The van der Waals surface area contributed by atoms with Gasteiger partial charge < -0.3 is 10.1 Å². The van der Waals surface area contributed by atoms with E-state index in [2.05, 4.69) is 5.32 Å². The molecule has 1 aliphatic rings. The number of carbonyl (C=O) groups is 1. The number of carbonyl (C=O) groups excluding carboxylic acids is 1. The van der Waals surface area contributed by atoms with Gasteiger partial charge in [-0.15, -0.1) is 0 Å². The Balaban J connectivity index is 1.88. The van der Waals surface area contributed by atoms with Gasteiger partial charge >= 0.3 is 0 Å². The van der Waals surface area contributed by atoms with Crippen molar-refractivity contribution in [2.45, 2.75) is 51.0 Å². The number of ether oxygens (including phenoxy) is 1. The van der Waals surface area contributed by atoms with Gasteiger partial charge in [0.1, 0.15) is 0 Å². The lowest BCUT2D eigenvalue weighted by Crippen LogP contribution is -2.35. The summed E-state index contributed by atoms with van der Waals surface area (Å²) in [6, 6.07) is 4.94. The summed E-state index contributed by atoms with van der Waals surface area (Å²) in [7, 11) is 1.43. The lowest BCUT2D eigenvalue weighted by molar-refractivity contribution is -0.121. The van der Waals surface area contributed by atoms with E-state index in [1.807, 2.05) is 0 Å². The quantitative estimate of drug-likeness (QED) is 0.859. The highest BCUT2D eigenvalue weighted by Gasteiger charge is 2.15. The summed E-state index contributed by atoms with van der Waals surface area (Å²) < 4.78 is 18.4. The fourth-order valence-corrected chi connectivity index (χ4v) is 2.71. The molecule has 110 valence electrons. The second-order valence-electron chi connectivity index (χ2n) is 5.40. The number of methoxy groups -OCH3 is 1. The zero-order valence-corrected chi connectivity index (χ0v) is 12.0. The van der Waals surface area contributed by atoms with Gasteiger partial charge in [0.05, 0.1) is 13.5 Å². The van der Waals surface area contributed by atoms with Crippen molar-refractivity contribution in [3.8, 4) is 5.75 Å². The van der Waals surface area contributed by atoms with E-state index >= 15 is 0 Å². The van der Waals surface area contributed by atoms with Crippen molar-refractivity contribution in [1.29, 1.82) is 0 Å².